The minimum absolute atomic E-state index is 0.0918. The second-order valence-electron chi connectivity index (χ2n) is 5.82. The van der Waals surface area contributed by atoms with E-state index in [1.165, 1.54) is 11.1 Å². The number of methoxy groups -OCH3 is 1. The Bertz CT molecular complexity index is 575. The highest BCUT2D eigenvalue weighted by atomic mass is 16.5. The van der Waals surface area contributed by atoms with Crippen molar-refractivity contribution in [1.29, 1.82) is 0 Å². The van der Waals surface area contributed by atoms with E-state index < -0.39 is 12.0 Å². The van der Waals surface area contributed by atoms with Crippen LogP contribution in [0, 0.1) is 0 Å². The molecule has 2 heterocycles. The summed E-state index contributed by atoms with van der Waals surface area (Å²) in [5.41, 5.74) is 0.202. The summed E-state index contributed by atoms with van der Waals surface area (Å²) in [6.07, 6.45) is 1.66. The number of pyridine rings is 1. The molecular weight excluding hydrogens is 300 g/mol. The van der Waals surface area contributed by atoms with Crippen LogP contribution in [-0.2, 0) is 9.53 Å². The number of carboxylic acid groups (broad SMARTS) is 1. The highest BCUT2D eigenvalue weighted by Gasteiger charge is 2.38. The van der Waals surface area contributed by atoms with Gasteiger partial charge in [-0.05, 0) is 32.4 Å². The summed E-state index contributed by atoms with van der Waals surface area (Å²) < 4.78 is 10.9. The third kappa shape index (κ3) is 4.19. The van der Waals surface area contributed by atoms with Crippen LogP contribution in [0.3, 0.4) is 0 Å². The fourth-order valence-corrected chi connectivity index (χ4v) is 2.72. The fraction of sp³-hybridized carbons (Fsp3) is 0.562. The van der Waals surface area contributed by atoms with Crippen molar-refractivity contribution in [2.75, 3.05) is 13.7 Å². The van der Waals surface area contributed by atoms with Gasteiger partial charge in [0.25, 0.3) is 5.91 Å². The summed E-state index contributed by atoms with van der Waals surface area (Å²) in [5, 5.41) is 9.06. The van der Waals surface area contributed by atoms with E-state index in [1.54, 1.807) is 19.2 Å². The summed E-state index contributed by atoms with van der Waals surface area (Å²) in [6.45, 7) is 4.08. The van der Waals surface area contributed by atoms with Crippen molar-refractivity contribution < 1.29 is 24.2 Å². The first-order valence-corrected chi connectivity index (χ1v) is 7.59. The number of aliphatic carboxylic acids is 1. The van der Waals surface area contributed by atoms with Gasteiger partial charge in [0.1, 0.15) is 0 Å². The fourth-order valence-electron chi connectivity index (χ4n) is 2.72. The first kappa shape index (κ1) is 17.2. The molecule has 0 aliphatic carbocycles. The largest absolute Gasteiger partial charge is 0.489 e. The zero-order chi connectivity index (χ0) is 17.0. The maximum atomic E-state index is 12.8. The molecule has 1 amide bonds. The third-order valence-corrected chi connectivity index (χ3v) is 3.72. The van der Waals surface area contributed by atoms with Crippen LogP contribution >= 0.6 is 0 Å². The smallest absolute Gasteiger partial charge is 0.305 e. The predicted octanol–water partition coefficient (Wildman–Crippen LogP) is 1.57. The number of carbonyl (C=O) groups is 2. The molecule has 7 nitrogen and oxygen atoms in total. The average molecular weight is 322 g/mol. The number of amides is 1. The summed E-state index contributed by atoms with van der Waals surface area (Å²) in [6, 6.07) is 2.99. The van der Waals surface area contributed by atoms with Crippen LogP contribution in [0.15, 0.2) is 18.3 Å². The van der Waals surface area contributed by atoms with Crippen LogP contribution in [-0.4, -0.2) is 58.8 Å². The Balaban J connectivity index is 2.25. The number of aromatic nitrogens is 1. The minimum atomic E-state index is -0.941. The molecule has 1 aromatic heterocycles. The molecule has 1 fully saturated rings. The number of nitrogens with zero attached hydrogens (tertiary/aromatic N) is 2. The number of hydrogen-bond donors (Lipinski definition) is 1. The Morgan fingerprint density at radius 1 is 1.48 bits per heavy atom. The lowest BCUT2D eigenvalue weighted by Gasteiger charge is -2.24. The average Bonchev–Trinajstić information content (AvgIpc) is 2.88. The molecule has 23 heavy (non-hydrogen) atoms. The van der Waals surface area contributed by atoms with E-state index in [4.69, 9.17) is 14.6 Å². The van der Waals surface area contributed by atoms with Crippen molar-refractivity contribution in [3.8, 4) is 5.75 Å². The Labute approximate surface area is 135 Å². The molecule has 126 valence electrons. The van der Waals surface area contributed by atoms with E-state index in [1.807, 2.05) is 13.8 Å². The molecule has 1 saturated heterocycles. The summed E-state index contributed by atoms with van der Waals surface area (Å²) in [7, 11) is 1.56. The van der Waals surface area contributed by atoms with E-state index in [-0.39, 0.29) is 30.2 Å². The van der Waals surface area contributed by atoms with Crippen LogP contribution < -0.4 is 4.74 Å². The van der Waals surface area contributed by atoms with E-state index >= 15 is 0 Å². The van der Waals surface area contributed by atoms with E-state index in [0.29, 0.717) is 18.7 Å². The molecule has 0 bridgehead atoms. The normalized spacial score (nSPS) is 20.8. The molecule has 0 aromatic carbocycles. The van der Waals surface area contributed by atoms with Gasteiger partial charge in [0, 0.05) is 25.9 Å². The number of likely N-dealkylation sites (tertiary alicyclic amines) is 1. The van der Waals surface area contributed by atoms with Crippen molar-refractivity contribution in [2.45, 2.75) is 44.9 Å². The molecule has 1 aromatic rings. The van der Waals surface area contributed by atoms with Gasteiger partial charge in [0.15, 0.2) is 11.4 Å². The lowest BCUT2D eigenvalue weighted by molar-refractivity contribution is -0.137. The highest BCUT2D eigenvalue weighted by molar-refractivity contribution is 5.95. The van der Waals surface area contributed by atoms with Crippen molar-refractivity contribution in [3.05, 3.63) is 24.0 Å². The zero-order valence-electron chi connectivity index (χ0n) is 13.6. The second-order valence-corrected chi connectivity index (χ2v) is 5.82. The molecule has 2 unspecified atom stereocenters. The van der Waals surface area contributed by atoms with Crippen molar-refractivity contribution >= 4 is 11.9 Å². The lowest BCUT2D eigenvalue weighted by Crippen LogP contribution is -2.38. The Hall–Kier alpha value is -2.15. The van der Waals surface area contributed by atoms with Crippen LogP contribution in [0.1, 0.15) is 37.2 Å². The van der Waals surface area contributed by atoms with E-state index in [0.717, 1.165) is 0 Å². The van der Waals surface area contributed by atoms with Crippen LogP contribution in [0.25, 0.3) is 0 Å². The summed E-state index contributed by atoms with van der Waals surface area (Å²) >= 11 is 0. The Kier molecular flexibility index (Phi) is 5.54. The summed E-state index contributed by atoms with van der Waals surface area (Å²) in [5.74, 6) is -0.862. The number of rotatable bonds is 6. The van der Waals surface area contributed by atoms with Gasteiger partial charge in [-0.3, -0.25) is 9.59 Å². The molecule has 2 rings (SSSR count). The molecule has 2 atom stereocenters. The number of carbonyl (C=O) groups excluding carboxylic acids is 1. The molecule has 0 radical (unpaired) electrons. The van der Waals surface area contributed by atoms with Crippen molar-refractivity contribution in [3.63, 3.8) is 0 Å². The van der Waals surface area contributed by atoms with Crippen molar-refractivity contribution in [1.82, 2.24) is 9.88 Å². The second kappa shape index (κ2) is 7.41. The Morgan fingerprint density at radius 2 is 2.22 bits per heavy atom. The minimum Gasteiger partial charge on any atom is -0.489 e. The van der Waals surface area contributed by atoms with Gasteiger partial charge in [-0.2, -0.15) is 0 Å². The molecule has 0 saturated carbocycles. The SMILES string of the molecule is COC1CC(CC(=O)O)N(C(=O)c2ncccc2OC(C)C)C1. The highest BCUT2D eigenvalue weighted by Crippen LogP contribution is 2.27. The van der Waals surface area contributed by atoms with E-state index in [9.17, 15) is 9.59 Å². The van der Waals surface area contributed by atoms with Gasteiger partial charge in [-0.25, -0.2) is 4.98 Å². The topological polar surface area (TPSA) is 89.0 Å². The molecule has 0 spiro atoms. The zero-order valence-corrected chi connectivity index (χ0v) is 13.6. The van der Waals surface area contributed by atoms with Gasteiger partial charge in [-0.1, -0.05) is 0 Å². The van der Waals surface area contributed by atoms with Crippen LogP contribution in [0.5, 0.6) is 5.75 Å². The maximum Gasteiger partial charge on any atom is 0.305 e. The molecule has 7 heteroatoms. The quantitative estimate of drug-likeness (QED) is 0.855. The van der Waals surface area contributed by atoms with E-state index in [2.05, 4.69) is 4.98 Å². The number of carboxylic acids is 1. The monoisotopic (exact) mass is 322 g/mol. The number of ether oxygens (including phenoxy) is 2. The van der Waals surface area contributed by atoms with Gasteiger partial charge in [-0.15, -0.1) is 0 Å². The number of hydrogen-bond acceptors (Lipinski definition) is 5. The first-order chi connectivity index (χ1) is 10.9. The molecule has 1 aliphatic heterocycles. The molecule has 1 aliphatic rings. The maximum absolute atomic E-state index is 12.8. The van der Waals surface area contributed by atoms with Crippen LogP contribution in [0.2, 0.25) is 0 Å². The first-order valence-electron chi connectivity index (χ1n) is 7.59. The molecular formula is C16H22N2O5. The standard InChI is InChI=1S/C16H22N2O5/c1-10(2)23-13-5-4-6-17-15(13)16(21)18-9-12(22-3)7-11(18)8-14(19)20/h4-6,10-12H,7-9H2,1-3H3,(H,19,20). The lowest BCUT2D eigenvalue weighted by atomic mass is 10.1. The Morgan fingerprint density at radius 3 is 2.83 bits per heavy atom. The summed E-state index contributed by atoms with van der Waals surface area (Å²) in [4.78, 5) is 29.5. The van der Waals surface area contributed by atoms with Crippen LogP contribution in [0.4, 0.5) is 0 Å². The van der Waals surface area contributed by atoms with Gasteiger partial charge < -0.3 is 19.5 Å². The predicted molar refractivity (Wildman–Crippen MR) is 82.5 cm³/mol. The van der Waals surface area contributed by atoms with Gasteiger partial charge in [0.2, 0.25) is 0 Å². The van der Waals surface area contributed by atoms with Gasteiger partial charge in [0.05, 0.1) is 18.6 Å². The molecule has 1 N–H and O–H groups in total. The van der Waals surface area contributed by atoms with Crippen molar-refractivity contribution in [2.24, 2.45) is 0 Å². The van der Waals surface area contributed by atoms with Gasteiger partial charge >= 0.3 is 5.97 Å². The third-order valence-electron chi connectivity index (χ3n) is 3.72.